The van der Waals surface area contributed by atoms with Gasteiger partial charge in [-0.2, -0.15) is 9.61 Å². The summed E-state index contributed by atoms with van der Waals surface area (Å²) in [6.07, 6.45) is 5.44. The lowest BCUT2D eigenvalue weighted by molar-refractivity contribution is -0.164. The number of hydrogen-bond acceptors (Lipinski definition) is 8. The Morgan fingerprint density at radius 3 is 2.53 bits per heavy atom. The average molecular weight is 687 g/mol. The van der Waals surface area contributed by atoms with Crippen molar-refractivity contribution in [3.63, 3.8) is 0 Å². The van der Waals surface area contributed by atoms with Gasteiger partial charge in [0.1, 0.15) is 11.6 Å². The third-order valence-electron chi connectivity index (χ3n) is 9.29. The minimum absolute atomic E-state index is 0.0715. The first-order valence-corrected chi connectivity index (χ1v) is 17.4. The maximum absolute atomic E-state index is 13.4. The van der Waals surface area contributed by atoms with Gasteiger partial charge in [0.2, 0.25) is 0 Å². The molecule has 9 nitrogen and oxygen atoms in total. The number of carbonyl (C=O) groups excluding carboxylic acids is 1. The Labute approximate surface area is 294 Å². The van der Waals surface area contributed by atoms with Crippen LogP contribution in [0.15, 0.2) is 54.6 Å². The SMILES string of the molecule is COC(=O)[C@@H](OC(C)(C)C)c1c(C)nc2cc3nn2c1N1CCC(C)(CC1)OC/C=C/C[C@H](C)Oc1cc(Cl)c(C)cc1-c1cccc-3c1. The van der Waals surface area contributed by atoms with Gasteiger partial charge < -0.3 is 23.8 Å². The Kier molecular flexibility index (Phi) is 9.81. The lowest BCUT2D eigenvalue weighted by Gasteiger charge is -2.41. The second-order valence-electron chi connectivity index (χ2n) is 14.4. The van der Waals surface area contributed by atoms with E-state index in [4.69, 9.17) is 40.6 Å². The van der Waals surface area contributed by atoms with Gasteiger partial charge in [0.05, 0.1) is 42.3 Å². The Balaban J connectivity index is 1.56. The summed E-state index contributed by atoms with van der Waals surface area (Å²) in [5.41, 5.74) is 5.66. The molecule has 0 unspecified atom stereocenters. The Morgan fingerprint density at radius 1 is 1.08 bits per heavy atom. The van der Waals surface area contributed by atoms with Gasteiger partial charge in [-0.15, -0.1) is 0 Å². The van der Waals surface area contributed by atoms with E-state index in [1.165, 1.54) is 7.11 Å². The van der Waals surface area contributed by atoms with E-state index in [9.17, 15) is 4.79 Å². The van der Waals surface area contributed by atoms with Crippen LogP contribution in [0.3, 0.4) is 0 Å². The van der Waals surface area contributed by atoms with Gasteiger partial charge in [-0.1, -0.05) is 42.0 Å². The number of fused-ring (bicyclic) bond motifs is 7. The molecule has 0 radical (unpaired) electrons. The smallest absolute Gasteiger partial charge is 0.339 e. The van der Waals surface area contributed by atoms with E-state index >= 15 is 0 Å². The molecule has 0 amide bonds. The minimum atomic E-state index is -0.998. The molecular weight excluding hydrogens is 640 g/mol. The van der Waals surface area contributed by atoms with Gasteiger partial charge in [0.25, 0.3) is 0 Å². The number of hydrogen-bond donors (Lipinski definition) is 0. The zero-order valence-electron chi connectivity index (χ0n) is 29.8. The molecule has 3 aliphatic rings. The highest BCUT2D eigenvalue weighted by Crippen LogP contribution is 2.40. The topological polar surface area (TPSA) is 87.4 Å². The molecule has 7 rings (SSSR count). The van der Waals surface area contributed by atoms with Gasteiger partial charge in [-0.3, -0.25) is 0 Å². The number of benzene rings is 2. The number of ether oxygens (including phenoxy) is 4. The number of aromatic nitrogens is 3. The molecule has 0 N–H and O–H groups in total. The molecule has 2 aromatic heterocycles. The van der Waals surface area contributed by atoms with Crippen LogP contribution >= 0.6 is 11.6 Å². The van der Waals surface area contributed by atoms with Crippen LogP contribution in [0.1, 0.15) is 76.8 Å². The van der Waals surface area contributed by atoms with E-state index in [1.807, 2.05) is 63.4 Å². The van der Waals surface area contributed by atoms with Gasteiger partial charge in [-0.25, -0.2) is 9.78 Å². The molecule has 3 aliphatic heterocycles. The zero-order valence-corrected chi connectivity index (χ0v) is 30.6. The standard InChI is InChI=1S/C39H47ClN4O5/c1-24-20-29-27-13-11-14-28(21-27)31-23-33-41-26(3)34(35(37(45)46-8)49-38(4,5)6)36(44(33)42-31)43-17-15-39(7,16-18-43)47-19-10-9-12-25(2)48-32(29)22-30(24)40/h9-11,13-14,20-23,25,35H,12,15-19H2,1-8H3/b10-9+/t25-,35-/m0/s1. The Hall–Kier alpha value is -3.92. The molecule has 0 spiro atoms. The van der Waals surface area contributed by atoms with E-state index in [2.05, 4.69) is 49.1 Å². The quantitative estimate of drug-likeness (QED) is 0.157. The van der Waals surface area contributed by atoms with Gasteiger partial charge in [0.15, 0.2) is 11.8 Å². The minimum Gasteiger partial charge on any atom is -0.490 e. The molecule has 0 aliphatic carbocycles. The van der Waals surface area contributed by atoms with Crippen molar-refractivity contribution in [3.8, 4) is 28.1 Å². The van der Waals surface area contributed by atoms with Crippen molar-refractivity contribution in [3.05, 3.63) is 76.5 Å². The number of esters is 1. The first-order chi connectivity index (χ1) is 23.2. The third-order valence-corrected chi connectivity index (χ3v) is 9.70. The fourth-order valence-corrected chi connectivity index (χ4v) is 6.74. The second kappa shape index (κ2) is 13.8. The Morgan fingerprint density at radius 2 is 1.82 bits per heavy atom. The highest BCUT2D eigenvalue weighted by Gasteiger charge is 2.38. The third kappa shape index (κ3) is 7.49. The van der Waals surface area contributed by atoms with E-state index in [1.54, 1.807) is 0 Å². The fraction of sp³-hybridized carbons (Fsp3) is 0.462. The van der Waals surface area contributed by atoms with Crippen LogP contribution in [0, 0.1) is 13.8 Å². The molecule has 0 saturated carbocycles. The van der Waals surface area contributed by atoms with Crippen LogP contribution in [-0.4, -0.2) is 64.7 Å². The molecular formula is C39H47ClN4O5. The number of piperidine rings is 1. The summed E-state index contributed by atoms with van der Waals surface area (Å²) in [5, 5.41) is 5.83. The van der Waals surface area contributed by atoms with Crippen LogP contribution in [-0.2, 0) is 19.0 Å². The summed E-state index contributed by atoms with van der Waals surface area (Å²) < 4.78 is 26.5. The number of nitrogens with zero attached hydrogens (tertiary/aromatic N) is 4. The maximum atomic E-state index is 13.4. The molecule has 2 aromatic carbocycles. The van der Waals surface area contributed by atoms with Crippen molar-refractivity contribution in [1.29, 1.82) is 0 Å². The van der Waals surface area contributed by atoms with Crippen LogP contribution in [0.5, 0.6) is 5.75 Å². The molecule has 49 heavy (non-hydrogen) atoms. The number of rotatable bonds is 3. The maximum Gasteiger partial charge on any atom is 0.339 e. The summed E-state index contributed by atoms with van der Waals surface area (Å²) in [6, 6.07) is 14.2. The molecule has 1 fully saturated rings. The number of carbonyl (C=O) groups is 1. The van der Waals surface area contributed by atoms with Crippen LogP contribution in [0.2, 0.25) is 5.02 Å². The summed E-state index contributed by atoms with van der Waals surface area (Å²) in [7, 11) is 1.39. The van der Waals surface area contributed by atoms with Gasteiger partial charge in [0, 0.05) is 47.4 Å². The lowest BCUT2D eigenvalue weighted by atomic mass is 9.92. The number of halogens is 1. The van der Waals surface area contributed by atoms with Gasteiger partial charge in [-0.05, 0) is 90.6 Å². The second-order valence-corrected chi connectivity index (χ2v) is 14.8. The van der Waals surface area contributed by atoms with Crippen molar-refractivity contribution in [2.75, 3.05) is 31.7 Å². The van der Waals surface area contributed by atoms with E-state index in [-0.39, 0.29) is 11.7 Å². The van der Waals surface area contributed by atoms with E-state index in [0.717, 1.165) is 58.8 Å². The summed E-state index contributed by atoms with van der Waals surface area (Å²) in [6.45, 7) is 15.9. The van der Waals surface area contributed by atoms with Crippen molar-refractivity contribution in [2.45, 2.75) is 91.1 Å². The van der Waals surface area contributed by atoms with Crippen molar-refractivity contribution >= 4 is 29.0 Å². The highest BCUT2D eigenvalue weighted by molar-refractivity contribution is 6.31. The van der Waals surface area contributed by atoms with E-state index in [0.29, 0.717) is 41.6 Å². The van der Waals surface area contributed by atoms with E-state index < -0.39 is 17.7 Å². The molecule has 10 heteroatoms. The summed E-state index contributed by atoms with van der Waals surface area (Å²) in [5.74, 6) is 1.02. The Bertz CT molecular complexity index is 1890. The summed E-state index contributed by atoms with van der Waals surface area (Å²) >= 11 is 6.61. The number of methoxy groups -OCH3 is 1. The van der Waals surface area contributed by atoms with Crippen molar-refractivity contribution < 1.29 is 23.7 Å². The number of anilines is 1. The molecule has 1 saturated heterocycles. The van der Waals surface area contributed by atoms with Gasteiger partial charge >= 0.3 is 5.97 Å². The largest absolute Gasteiger partial charge is 0.490 e. The van der Waals surface area contributed by atoms with Crippen molar-refractivity contribution in [2.24, 2.45) is 0 Å². The first kappa shape index (κ1) is 34.9. The van der Waals surface area contributed by atoms with Crippen LogP contribution in [0.4, 0.5) is 5.82 Å². The lowest BCUT2D eigenvalue weighted by Crippen LogP contribution is -2.45. The van der Waals surface area contributed by atoms with Crippen LogP contribution < -0.4 is 9.64 Å². The molecule has 2 atom stereocenters. The molecule has 4 aromatic rings. The molecule has 260 valence electrons. The molecule has 6 bridgehead atoms. The van der Waals surface area contributed by atoms with Crippen LogP contribution in [0.25, 0.3) is 28.0 Å². The predicted molar refractivity (Wildman–Crippen MR) is 194 cm³/mol. The monoisotopic (exact) mass is 686 g/mol. The number of aryl methyl sites for hydroxylation is 2. The summed E-state index contributed by atoms with van der Waals surface area (Å²) in [4.78, 5) is 20.7. The predicted octanol–water partition coefficient (Wildman–Crippen LogP) is 8.47. The highest BCUT2D eigenvalue weighted by atomic mass is 35.5. The first-order valence-electron chi connectivity index (χ1n) is 17.0. The average Bonchev–Trinajstić information content (AvgIpc) is 3.47. The zero-order chi connectivity index (χ0) is 35.1. The normalized spacial score (nSPS) is 21.2. The molecule has 5 heterocycles. The van der Waals surface area contributed by atoms with Crippen molar-refractivity contribution in [1.82, 2.24) is 14.6 Å². The fourth-order valence-electron chi connectivity index (χ4n) is 6.59.